The van der Waals surface area contributed by atoms with Gasteiger partial charge in [-0.2, -0.15) is 0 Å². The number of carbonyl (C=O) groups is 1. The molecule has 110 valence electrons. The first-order chi connectivity index (χ1) is 10.6. The van der Waals surface area contributed by atoms with E-state index in [4.69, 9.17) is 23.8 Å². The Bertz CT molecular complexity index is 758. The molecule has 0 atom stereocenters. The molecule has 0 aromatic heterocycles. The molecule has 0 spiro atoms. The van der Waals surface area contributed by atoms with Crippen LogP contribution in [-0.2, 0) is 11.3 Å². The van der Waals surface area contributed by atoms with E-state index < -0.39 is 0 Å². The summed E-state index contributed by atoms with van der Waals surface area (Å²) in [4.78, 5) is 14.8. The quantitative estimate of drug-likeness (QED) is 0.592. The number of carbonyl (C=O) groups excluding carboxylic acids is 1. The Balaban J connectivity index is 1.84. The van der Waals surface area contributed by atoms with Crippen LogP contribution in [0.2, 0.25) is 5.02 Å². The Morgan fingerprint density at radius 3 is 2.50 bits per heavy atom. The average molecular weight is 346 g/mol. The number of thiocarbonyl (C=S) groups is 1. The number of hydrogen-bond acceptors (Lipinski definition) is 3. The molecule has 1 aliphatic rings. The van der Waals surface area contributed by atoms with Gasteiger partial charge < -0.3 is 0 Å². The first kappa shape index (κ1) is 15.3. The molecule has 0 saturated carbocycles. The van der Waals surface area contributed by atoms with Gasteiger partial charge in [0.25, 0.3) is 5.91 Å². The monoisotopic (exact) mass is 345 g/mol. The Morgan fingerprint density at radius 2 is 1.77 bits per heavy atom. The molecule has 0 radical (unpaired) electrons. The number of thioether (sulfide) groups is 1. The van der Waals surface area contributed by atoms with Crippen molar-refractivity contribution in [2.45, 2.75) is 6.54 Å². The molecule has 0 aliphatic carbocycles. The summed E-state index contributed by atoms with van der Waals surface area (Å²) in [5.41, 5.74) is 1.88. The largest absolute Gasteiger partial charge is 0.288 e. The number of halogens is 1. The molecule has 0 N–H and O–H groups in total. The van der Waals surface area contributed by atoms with Gasteiger partial charge in [0.1, 0.15) is 4.32 Å². The van der Waals surface area contributed by atoms with Gasteiger partial charge in [-0.15, -0.1) is 0 Å². The SMILES string of the molecule is O=C1C(=Cc2ccccc2Cl)SC(=S)N1Cc1ccccc1. The molecule has 1 heterocycles. The van der Waals surface area contributed by atoms with Crippen LogP contribution in [0.1, 0.15) is 11.1 Å². The highest BCUT2D eigenvalue weighted by atomic mass is 35.5. The van der Waals surface area contributed by atoms with E-state index in [1.54, 1.807) is 17.0 Å². The molecule has 1 fully saturated rings. The summed E-state index contributed by atoms with van der Waals surface area (Å²) in [6.45, 7) is 0.491. The van der Waals surface area contributed by atoms with E-state index in [2.05, 4.69) is 0 Å². The fourth-order valence-electron chi connectivity index (χ4n) is 2.14. The first-order valence-electron chi connectivity index (χ1n) is 6.69. The van der Waals surface area contributed by atoms with Crippen molar-refractivity contribution in [3.63, 3.8) is 0 Å². The molecule has 1 saturated heterocycles. The van der Waals surface area contributed by atoms with E-state index in [1.165, 1.54) is 11.8 Å². The van der Waals surface area contributed by atoms with Gasteiger partial charge in [0, 0.05) is 5.02 Å². The summed E-state index contributed by atoms with van der Waals surface area (Å²) in [7, 11) is 0. The van der Waals surface area contributed by atoms with E-state index in [-0.39, 0.29) is 5.91 Å². The normalized spacial score (nSPS) is 16.6. The highest BCUT2D eigenvalue weighted by molar-refractivity contribution is 8.26. The molecule has 0 unspecified atom stereocenters. The molecule has 2 nitrogen and oxygen atoms in total. The van der Waals surface area contributed by atoms with Gasteiger partial charge in [-0.3, -0.25) is 9.69 Å². The molecule has 22 heavy (non-hydrogen) atoms. The molecule has 2 aromatic carbocycles. The second-order valence-corrected chi connectivity index (χ2v) is 6.86. The lowest BCUT2D eigenvalue weighted by atomic mass is 10.2. The van der Waals surface area contributed by atoms with Crippen molar-refractivity contribution < 1.29 is 4.79 Å². The molecule has 3 rings (SSSR count). The van der Waals surface area contributed by atoms with Gasteiger partial charge >= 0.3 is 0 Å². The Morgan fingerprint density at radius 1 is 1.09 bits per heavy atom. The van der Waals surface area contributed by atoms with Crippen molar-refractivity contribution >= 4 is 51.9 Å². The Kier molecular flexibility index (Phi) is 4.62. The molecule has 1 aliphatic heterocycles. The highest BCUT2D eigenvalue weighted by Crippen LogP contribution is 2.34. The minimum atomic E-state index is -0.0706. The summed E-state index contributed by atoms with van der Waals surface area (Å²) >= 11 is 12.8. The Labute approximate surface area is 143 Å². The van der Waals surface area contributed by atoms with Crippen molar-refractivity contribution in [1.82, 2.24) is 4.90 Å². The smallest absolute Gasteiger partial charge is 0.266 e. The van der Waals surface area contributed by atoms with E-state index in [0.717, 1.165) is 11.1 Å². The van der Waals surface area contributed by atoms with E-state index in [9.17, 15) is 4.79 Å². The first-order valence-corrected chi connectivity index (χ1v) is 8.29. The minimum absolute atomic E-state index is 0.0706. The van der Waals surface area contributed by atoms with Crippen molar-refractivity contribution in [2.24, 2.45) is 0 Å². The van der Waals surface area contributed by atoms with Crippen molar-refractivity contribution in [1.29, 1.82) is 0 Å². The van der Waals surface area contributed by atoms with Gasteiger partial charge in [0.2, 0.25) is 0 Å². The standard InChI is InChI=1S/C17H12ClNOS2/c18-14-9-5-4-8-13(14)10-15-16(20)19(17(21)22-15)11-12-6-2-1-3-7-12/h1-10H,11H2. The topological polar surface area (TPSA) is 20.3 Å². The predicted octanol–water partition coefficient (Wildman–Crippen LogP) is 4.74. The maximum absolute atomic E-state index is 12.5. The molecular formula is C17H12ClNOS2. The van der Waals surface area contributed by atoms with Crippen molar-refractivity contribution in [3.8, 4) is 0 Å². The van der Waals surface area contributed by atoms with Crippen LogP contribution >= 0.6 is 35.6 Å². The lowest BCUT2D eigenvalue weighted by Gasteiger charge is -2.14. The maximum atomic E-state index is 12.5. The predicted molar refractivity (Wildman–Crippen MR) is 96.6 cm³/mol. The van der Waals surface area contributed by atoms with Gasteiger partial charge in [-0.1, -0.05) is 84.1 Å². The van der Waals surface area contributed by atoms with E-state index in [0.29, 0.717) is 20.8 Å². The van der Waals surface area contributed by atoms with E-state index in [1.807, 2.05) is 48.5 Å². The van der Waals surface area contributed by atoms with Crippen LogP contribution in [0.5, 0.6) is 0 Å². The van der Waals surface area contributed by atoms with Gasteiger partial charge in [-0.05, 0) is 23.3 Å². The lowest BCUT2D eigenvalue weighted by molar-refractivity contribution is -0.122. The Hall–Kier alpha value is -1.62. The second-order valence-electron chi connectivity index (χ2n) is 4.77. The third-order valence-electron chi connectivity index (χ3n) is 3.25. The maximum Gasteiger partial charge on any atom is 0.266 e. The summed E-state index contributed by atoms with van der Waals surface area (Å²) < 4.78 is 0.576. The number of benzene rings is 2. The summed E-state index contributed by atoms with van der Waals surface area (Å²) in [5, 5.41) is 0.621. The molecule has 0 bridgehead atoms. The van der Waals surface area contributed by atoms with Gasteiger partial charge in [0.15, 0.2) is 0 Å². The van der Waals surface area contributed by atoms with Crippen LogP contribution in [0, 0.1) is 0 Å². The zero-order valence-corrected chi connectivity index (χ0v) is 13.9. The number of hydrogen-bond donors (Lipinski definition) is 0. The van der Waals surface area contributed by atoms with Crippen LogP contribution in [-0.4, -0.2) is 15.1 Å². The fourth-order valence-corrected chi connectivity index (χ4v) is 3.57. The summed E-state index contributed by atoms with van der Waals surface area (Å²) in [6, 6.07) is 17.3. The van der Waals surface area contributed by atoms with E-state index >= 15 is 0 Å². The molecular weight excluding hydrogens is 334 g/mol. The van der Waals surface area contributed by atoms with Crippen LogP contribution in [0.3, 0.4) is 0 Å². The fraction of sp³-hybridized carbons (Fsp3) is 0.0588. The van der Waals surface area contributed by atoms with Crippen LogP contribution in [0.25, 0.3) is 6.08 Å². The highest BCUT2D eigenvalue weighted by Gasteiger charge is 2.32. The van der Waals surface area contributed by atoms with Crippen LogP contribution in [0.4, 0.5) is 0 Å². The average Bonchev–Trinajstić information content (AvgIpc) is 2.78. The third-order valence-corrected chi connectivity index (χ3v) is 4.97. The molecule has 5 heteroatoms. The number of amides is 1. The van der Waals surface area contributed by atoms with Crippen LogP contribution in [0.15, 0.2) is 59.5 Å². The number of rotatable bonds is 3. The van der Waals surface area contributed by atoms with Crippen molar-refractivity contribution in [2.75, 3.05) is 0 Å². The van der Waals surface area contributed by atoms with Crippen LogP contribution < -0.4 is 0 Å². The zero-order valence-electron chi connectivity index (χ0n) is 11.5. The van der Waals surface area contributed by atoms with Crippen molar-refractivity contribution in [3.05, 3.63) is 75.7 Å². The summed E-state index contributed by atoms with van der Waals surface area (Å²) in [5.74, 6) is -0.0706. The van der Waals surface area contributed by atoms with Gasteiger partial charge in [-0.25, -0.2) is 0 Å². The molecule has 1 amide bonds. The minimum Gasteiger partial charge on any atom is -0.288 e. The summed E-state index contributed by atoms with van der Waals surface area (Å²) in [6.07, 6.45) is 1.80. The molecule has 2 aromatic rings. The van der Waals surface area contributed by atoms with Gasteiger partial charge in [0.05, 0.1) is 11.4 Å². The third kappa shape index (κ3) is 3.24. The second kappa shape index (κ2) is 6.65. The lowest BCUT2D eigenvalue weighted by Crippen LogP contribution is -2.27. The number of nitrogens with zero attached hydrogens (tertiary/aromatic N) is 1. The zero-order chi connectivity index (χ0) is 15.5.